The van der Waals surface area contributed by atoms with Crippen LogP contribution in [-0.2, 0) is 10.0 Å². The van der Waals surface area contributed by atoms with Crippen LogP contribution in [0, 0.1) is 6.92 Å². The third-order valence-electron chi connectivity index (χ3n) is 4.23. The summed E-state index contributed by atoms with van der Waals surface area (Å²) in [4.78, 5) is 14.9. The summed E-state index contributed by atoms with van der Waals surface area (Å²) in [5.41, 5.74) is 2.26. The van der Waals surface area contributed by atoms with E-state index in [0.717, 1.165) is 16.3 Å². The maximum Gasteiger partial charge on any atom is 0.276 e. The van der Waals surface area contributed by atoms with Gasteiger partial charge in [-0.15, -0.1) is 0 Å². The van der Waals surface area contributed by atoms with Crippen LogP contribution < -0.4 is 4.83 Å². The molecule has 0 saturated heterocycles. The van der Waals surface area contributed by atoms with E-state index < -0.39 is 10.0 Å². The molecule has 0 aromatic heterocycles. The molecule has 25 heavy (non-hydrogen) atoms. The Balaban J connectivity index is 1.75. The fraction of sp³-hybridized carbons (Fsp3) is 0.0526. The average molecular weight is 350 g/mol. The summed E-state index contributed by atoms with van der Waals surface area (Å²) in [5.74, 6) is -0.279. The lowest BCUT2D eigenvalue weighted by molar-refractivity contribution is 0.107. The fourth-order valence-corrected chi connectivity index (χ4v) is 3.78. The van der Waals surface area contributed by atoms with E-state index in [4.69, 9.17) is 0 Å². The third kappa shape index (κ3) is 2.51. The number of rotatable bonds is 3. The number of carbonyl (C=O) groups excluding carboxylic acids is 1. The highest BCUT2D eigenvalue weighted by atomic mass is 32.2. The number of ketones is 1. The maximum atomic E-state index is 12.6. The Morgan fingerprint density at radius 1 is 0.880 bits per heavy atom. The summed E-state index contributed by atoms with van der Waals surface area (Å²) in [6.07, 6.45) is 0. The molecule has 0 spiro atoms. The van der Waals surface area contributed by atoms with E-state index in [1.807, 2.05) is 25.1 Å². The number of hydrazone groups is 1. The predicted octanol–water partition coefficient (Wildman–Crippen LogP) is 3.03. The van der Waals surface area contributed by atoms with Crippen LogP contribution in [0.15, 0.2) is 70.7 Å². The van der Waals surface area contributed by atoms with Crippen molar-refractivity contribution < 1.29 is 13.2 Å². The molecule has 0 radical (unpaired) electrons. The van der Waals surface area contributed by atoms with Gasteiger partial charge in [0.15, 0.2) is 0 Å². The minimum Gasteiger partial charge on any atom is -0.287 e. The summed E-state index contributed by atoms with van der Waals surface area (Å²) < 4.78 is 24.8. The minimum atomic E-state index is -3.83. The molecular formula is C19H14N2O3S. The Labute approximate surface area is 145 Å². The van der Waals surface area contributed by atoms with Gasteiger partial charge in [0.05, 0.1) is 4.90 Å². The van der Waals surface area contributed by atoms with E-state index in [9.17, 15) is 13.2 Å². The van der Waals surface area contributed by atoms with Crippen LogP contribution in [0.5, 0.6) is 0 Å². The van der Waals surface area contributed by atoms with Gasteiger partial charge in [-0.05, 0) is 24.4 Å². The number of nitrogens with zero attached hydrogens (tertiary/aromatic N) is 1. The molecule has 0 amide bonds. The fourth-order valence-electron chi connectivity index (χ4n) is 2.96. The van der Waals surface area contributed by atoms with Gasteiger partial charge >= 0.3 is 0 Å². The highest BCUT2D eigenvalue weighted by molar-refractivity contribution is 7.89. The normalized spacial score (nSPS) is 15.1. The number of hydrogen-bond acceptors (Lipinski definition) is 4. The first-order valence-corrected chi connectivity index (χ1v) is 9.19. The summed E-state index contributed by atoms with van der Waals surface area (Å²) in [7, 11) is -3.83. The Hall–Kier alpha value is -2.99. The number of carbonyl (C=O) groups is 1. The van der Waals surface area contributed by atoms with E-state index in [2.05, 4.69) is 9.93 Å². The molecule has 1 aliphatic carbocycles. The SMILES string of the molecule is Cc1ccc(S(=O)(=O)NN=C2C(=O)c3cccc4cccc2c34)cc1. The van der Waals surface area contributed by atoms with Crippen molar-refractivity contribution in [3.63, 3.8) is 0 Å². The van der Waals surface area contributed by atoms with Crippen molar-refractivity contribution in [2.24, 2.45) is 5.10 Å². The lowest BCUT2D eigenvalue weighted by atomic mass is 10.1. The highest BCUT2D eigenvalue weighted by Crippen LogP contribution is 2.30. The molecule has 6 heteroatoms. The van der Waals surface area contributed by atoms with Gasteiger partial charge in [0.1, 0.15) is 5.71 Å². The second-order valence-corrected chi connectivity index (χ2v) is 7.57. The first-order valence-electron chi connectivity index (χ1n) is 7.70. The molecule has 124 valence electrons. The zero-order valence-corrected chi connectivity index (χ0v) is 14.2. The molecule has 0 unspecified atom stereocenters. The van der Waals surface area contributed by atoms with Gasteiger partial charge in [0, 0.05) is 16.5 Å². The van der Waals surface area contributed by atoms with E-state index in [1.54, 1.807) is 30.3 Å². The number of Topliss-reactive ketones (excluding diaryl/α,β-unsaturated/α-hetero) is 1. The maximum absolute atomic E-state index is 12.6. The van der Waals surface area contributed by atoms with Crippen molar-refractivity contribution >= 4 is 32.3 Å². The number of benzene rings is 3. The van der Waals surface area contributed by atoms with Gasteiger partial charge in [-0.2, -0.15) is 18.4 Å². The smallest absolute Gasteiger partial charge is 0.276 e. The van der Waals surface area contributed by atoms with Crippen molar-refractivity contribution in [3.8, 4) is 0 Å². The molecule has 4 rings (SSSR count). The standard InChI is InChI=1S/C19H14N2O3S/c1-12-8-10-14(11-9-12)25(23,24)21-20-18-15-6-2-4-13-5-3-7-16(17(13)15)19(18)22/h2-11,21H,1H3. The first-order chi connectivity index (χ1) is 12.0. The third-order valence-corrected chi connectivity index (χ3v) is 5.45. The first kappa shape index (κ1) is 15.5. The zero-order valence-electron chi connectivity index (χ0n) is 13.4. The molecule has 0 heterocycles. The van der Waals surface area contributed by atoms with E-state index >= 15 is 0 Å². The van der Waals surface area contributed by atoms with Crippen LogP contribution in [0.4, 0.5) is 0 Å². The number of nitrogens with one attached hydrogen (secondary N) is 1. The zero-order chi connectivity index (χ0) is 17.6. The highest BCUT2D eigenvalue weighted by Gasteiger charge is 2.29. The van der Waals surface area contributed by atoms with Crippen molar-refractivity contribution in [2.45, 2.75) is 11.8 Å². The van der Waals surface area contributed by atoms with Gasteiger partial charge in [0.25, 0.3) is 10.0 Å². The predicted molar refractivity (Wildman–Crippen MR) is 96.3 cm³/mol. The molecule has 0 saturated carbocycles. The molecule has 0 fully saturated rings. The van der Waals surface area contributed by atoms with Crippen LogP contribution in [0.1, 0.15) is 21.5 Å². The van der Waals surface area contributed by atoms with Crippen molar-refractivity contribution in [2.75, 3.05) is 0 Å². The van der Waals surface area contributed by atoms with Gasteiger partial charge in [0.2, 0.25) is 5.78 Å². The lowest BCUT2D eigenvalue weighted by Gasteiger charge is -2.05. The molecule has 0 atom stereocenters. The van der Waals surface area contributed by atoms with Crippen molar-refractivity contribution in [1.29, 1.82) is 0 Å². The van der Waals surface area contributed by atoms with E-state index in [0.29, 0.717) is 11.1 Å². The number of hydrogen-bond donors (Lipinski definition) is 1. The number of sulfonamides is 1. The summed E-state index contributed by atoms with van der Waals surface area (Å²) in [6, 6.07) is 17.4. The number of aryl methyl sites for hydroxylation is 1. The molecule has 3 aromatic carbocycles. The molecule has 1 N–H and O–H groups in total. The van der Waals surface area contributed by atoms with Crippen LogP contribution >= 0.6 is 0 Å². The van der Waals surface area contributed by atoms with Crippen LogP contribution in [0.2, 0.25) is 0 Å². The summed E-state index contributed by atoms with van der Waals surface area (Å²) >= 11 is 0. The topological polar surface area (TPSA) is 75.6 Å². The summed E-state index contributed by atoms with van der Waals surface area (Å²) in [6.45, 7) is 1.87. The molecule has 0 bridgehead atoms. The van der Waals surface area contributed by atoms with Crippen LogP contribution in [0.3, 0.4) is 0 Å². The second-order valence-electron chi connectivity index (χ2n) is 5.91. The minimum absolute atomic E-state index is 0.101. The van der Waals surface area contributed by atoms with Gasteiger partial charge < -0.3 is 0 Å². The summed E-state index contributed by atoms with van der Waals surface area (Å²) in [5, 5.41) is 5.68. The Bertz CT molecular complexity index is 1140. The van der Waals surface area contributed by atoms with Crippen LogP contribution in [-0.4, -0.2) is 19.9 Å². The second kappa shape index (κ2) is 5.53. The largest absolute Gasteiger partial charge is 0.287 e. The van der Waals surface area contributed by atoms with Crippen molar-refractivity contribution in [1.82, 2.24) is 4.83 Å². The quantitative estimate of drug-likeness (QED) is 0.738. The lowest BCUT2D eigenvalue weighted by Crippen LogP contribution is -2.22. The molecule has 1 aliphatic rings. The van der Waals surface area contributed by atoms with Crippen LogP contribution in [0.25, 0.3) is 10.8 Å². The molecular weight excluding hydrogens is 336 g/mol. The Morgan fingerprint density at radius 2 is 1.52 bits per heavy atom. The molecule has 0 aliphatic heterocycles. The van der Waals surface area contributed by atoms with Gasteiger partial charge in [-0.3, -0.25) is 4.79 Å². The monoisotopic (exact) mass is 350 g/mol. The van der Waals surface area contributed by atoms with Gasteiger partial charge in [-0.25, -0.2) is 0 Å². The van der Waals surface area contributed by atoms with Gasteiger partial charge in [-0.1, -0.05) is 54.1 Å². The Kier molecular flexibility index (Phi) is 3.43. The average Bonchev–Trinajstić information content (AvgIpc) is 2.88. The Morgan fingerprint density at radius 3 is 2.20 bits per heavy atom. The van der Waals surface area contributed by atoms with Crippen molar-refractivity contribution in [3.05, 3.63) is 77.4 Å². The van der Waals surface area contributed by atoms with E-state index in [-0.39, 0.29) is 16.4 Å². The van der Waals surface area contributed by atoms with E-state index in [1.165, 1.54) is 12.1 Å². The molecule has 3 aromatic rings. The molecule has 5 nitrogen and oxygen atoms in total.